The number of nitrogens with one attached hydrogen (secondary N) is 1. The van der Waals surface area contributed by atoms with E-state index in [2.05, 4.69) is 4.98 Å². The molecule has 130 valence electrons. The predicted octanol–water partition coefficient (Wildman–Crippen LogP) is 2.73. The molecule has 1 aliphatic rings. The van der Waals surface area contributed by atoms with Crippen LogP contribution in [0.5, 0.6) is 0 Å². The second-order valence-electron chi connectivity index (χ2n) is 6.22. The van der Waals surface area contributed by atoms with Crippen molar-refractivity contribution in [2.24, 2.45) is 0 Å². The van der Waals surface area contributed by atoms with Crippen LogP contribution >= 0.6 is 0 Å². The number of H-pyrrole nitrogens is 1. The number of aliphatic hydroxyl groups excluding tert-OH is 1. The first-order valence-electron chi connectivity index (χ1n) is 8.00. The van der Waals surface area contributed by atoms with Crippen molar-refractivity contribution in [3.05, 3.63) is 54.5 Å². The lowest BCUT2D eigenvalue weighted by Crippen LogP contribution is -2.29. The minimum atomic E-state index is -3.59. The number of nitrogens with zero attached hydrogens (tertiary/aromatic N) is 1. The van der Waals surface area contributed by atoms with Gasteiger partial charge in [0.1, 0.15) is 5.82 Å². The maximum absolute atomic E-state index is 13.3. The summed E-state index contributed by atoms with van der Waals surface area (Å²) >= 11 is 0. The molecule has 2 aromatic carbocycles. The van der Waals surface area contributed by atoms with Gasteiger partial charge in [-0.05, 0) is 42.3 Å². The molecule has 2 heterocycles. The van der Waals surface area contributed by atoms with Crippen molar-refractivity contribution in [3.8, 4) is 11.1 Å². The van der Waals surface area contributed by atoms with E-state index in [-0.39, 0.29) is 17.3 Å². The van der Waals surface area contributed by atoms with Crippen molar-refractivity contribution in [1.29, 1.82) is 0 Å². The Hall–Kier alpha value is -2.22. The van der Waals surface area contributed by atoms with E-state index in [1.165, 1.54) is 16.4 Å². The third kappa shape index (κ3) is 2.84. The maximum Gasteiger partial charge on any atom is 0.243 e. The highest BCUT2D eigenvalue weighted by Gasteiger charge is 2.31. The van der Waals surface area contributed by atoms with Crippen LogP contribution in [0, 0.1) is 5.82 Å². The Kier molecular flexibility index (Phi) is 3.87. The quantitative estimate of drug-likeness (QED) is 0.754. The predicted molar refractivity (Wildman–Crippen MR) is 93.1 cm³/mol. The molecule has 25 heavy (non-hydrogen) atoms. The molecule has 1 aromatic heterocycles. The molecule has 0 spiro atoms. The van der Waals surface area contributed by atoms with Crippen molar-refractivity contribution < 1.29 is 17.9 Å². The van der Waals surface area contributed by atoms with Crippen molar-refractivity contribution in [1.82, 2.24) is 9.29 Å². The van der Waals surface area contributed by atoms with Gasteiger partial charge in [-0.2, -0.15) is 4.31 Å². The molecule has 2 N–H and O–H groups in total. The molecule has 0 bridgehead atoms. The zero-order chi connectivity index (χ0) is 17.6. The van der Waals surface area contributed by atoms with E-state index in [4.69, 9.17) is 0 Å². The molecule has 1 saturated heterocycles. The van der Waals surface area contributed by atoms with E-state index < -0.39 is 16.1 Å². The van der Waals surface area contributed by atoms with E-state index in [1.54, 1.807) is 36.5 Å². The second kappa shape index (κ2) is 5.94. The first-order valence-corrected chi connectivity index (χ1v) is 9.44. The zero-order valence-electron chi connectivity index (χ0n) is 13.3. The number of sulfonamides is 1. The average molecular weight is 360 g/mol. The van der Waals surface area contributed by atoms with Crippen LogP contribution in [0.25, 0.3) is 22.0 Å². The summed E-state index contributed by atoms with van der Waals surface area (Å²) in [6.07, 6.45) is 1.65. The van der Waals surface area contributed by atoms with Gasteiger partial charge in [0, 0.05) is 35.8 Å². The van der Waals surface area contributed by atoms with Crippen LogP contribution in [-0.2, 0) is 10.0 Å². The summed E-state index contributed by atoms with van der Waals surface area (Å²) in [5.74, 6) is -0.310. The highest BCUT2D eigenvalue weighted by molar-refractivity contribution is 7.89. The molecule has 1 aliphatic heterocycles. The van der Waals surface area contributed by atoms with Gasteiger partial charge in [0.2, 0.25) is 10.0 Å². The second-order valence-corrected chi connectivity index (χ2v) is 8.16. The maximum atomic E-state index is 13.3. The summed E-state index contributed by atoms with van der Waals surface area (Å²) in [6.45, 7) is 0.470. The number of aliphatic hydroxyl groups is 1. The minimum absolute atomic E-state index is 0.137. The number of hydrogen-bond donors (Lipinski definition) is 2. The molecule has 0 unspecified atom stereocenters. The van der Waals surface area contributed by atoms with Crippen LogP contribution in [0.15, 0.2) is 53.6 Å². The number of halogens is 1. The summed E-state index contributed by atoms with van der Waals surface area (Å²) in [6, 6.07) is 11.1. The van der Waals surface area contributed by atoms with Gasteiger partial charge in [-0.15, -0.1) is 0 Å². The number of β-amino-alcohol motifs (C(OH)–C–C–N with tert-alkyl or cyclic N) is 1. The molecule has 0 amide bonds. The van der Waals surface area contributed by atoms with E-state index in [0.717, 1.165) is 16.5 Å². The highest BCUT2D eigenvalue weighted by Crippen LogP contribution is 2.30. The lowest BCUT2D eigenvalue weighted by Gasteiger charge is -2.15. The molecule has 0 radical (unpaired) electrons. The Bertz CT molecular complexity index is 1030. The first-order chi connectivity index (χ1) is 11.9. The number of aromatic nitrogens is 1. The van der Waals surface area contributed by atoms with Gasteiger partial charge in [-0.1, -0.05) is 12.1 Å². The molecule has 0 saturated carbocycles. The molecule has 0 aliphatic carbocycles. The van der Waals surface area contributed by atoms with Gasteiger partial charge in [-0.25, -0.2) is 12.8 Å². The van der Waals surface area contributed by atoms with Crippen molar-refractivity contribution in [2.45, 2.75) is 17.4 Å². The summed E-state index contributed by atoms with van der Waals surface area (Å²) in [4.78, 5) is 3.23. The smallest absolute Gasteiger partial charge is 0.243 e. The topological polar surface area (TPSA) is 73.4 Å². The molecular formula is C18H17FN2O3S. The Balaban J connectivity index is 1.68. The van der Waals surface area contributed by atoms with Crippen molar-refractivity contribution in [3.63, 3.8) is 0 Å². The fourth-order valence-electron chi connectivity index (χ4n) is 3.22. The Morgan fingerprint density at radius 1 is 1.16 bits per heavy atom. The number of rotatable bonds is 3. The minimum Gasteiger partial charge on any atom is -0.392 e. The fourth-order valence-corrected chi connectivity index (χ4v) is 4.71. The number of hydrogen-bond acceptors (Lipinski definition) is 3. The number of aromatic amines is 1. The molecular weight excluding hydrogens is 343 g/mol. The van der Waals surface area contributed by atoms with Crippen LogP contribution in [0.2, 0.25) is 0 Å². The molecule has 5 nitrogen and oxygen atoms in total. The molecule has 1 fully saturated rings. The van der Waals surface area contributed by atoms with E-state index in [9.17, 15) is 17.9 Å². The lowest BCUT2D eigenvalue weighted by molar-refractivity contribution is 0.189. The summed E-state index contributed by atoms with van der Waals surface area (Å²) < 4.78 is 39.8. The van der Waals surface area contributed by atoms with Crippen LogP contribution in [0.4, 0.5) is 4.39 Å². The zero-order valence-corrected chi connectivity index (χ0v) is 14.1. The van der Waals surface area contributed by atoms with Crippen LogP contribution < -0.4 is 0 Å². The van der Waals surface area contributed by atoms with Crippen LogP contribution in [0.3, 0.4) is 0 Å². The molecule has 7 heteroatoms. The van der Waals surface area contributed by atoms with Gasteiger partial charge in [-0.3, -0.25) is 0 Å². The molecule has 1 atom stereocenters. The van der Waals surface area contributed by atoms with E-state index in [1.807, 2.05) is 0 Å². The van der Waals surface area contributed by atoms with Gasteiger partial charge < -0.3 is 10.1 Å². The Morgan fingerprint density at radius 2 is 1.92 bits per heavy atom. The fraction of sp³-hybridized carbons (Fsp3) is 0.222. The average Bonchev–Trinajstić information content (AvgIpc) is 3.21. The number of fused-ring (bicyclic) bond motifs is 1. The van der Waals surface area contributed by atoms with Gasteiger partial charge in [0.25, 0.3) is 0 Å². The summed E-state index contributed by atoms with van der Waals surface area (Å²) in [5.41, 5.74) is 2.42. The first kappa shape index (κ1) is 16.3. The molecule has 4 rings (SSSR count). The van der Waals surface area contributed by atoms with E-state index >= 15 is 0 Å². The Morgan fingerprint density at radius 3 is 2.60 bits per heavy atom. The summed E-state index contributed by atoms with van der Waals surface area (Å²) in [5, 5.41) is 10.4. The monoisotopic (exact) mass is 360 g/mol. The van der Waals surface area contributed by atoms with Gasteiger partial charge in [0.05, 0.1) is 11.0 Å². The lowest BCUT2D eigenvalue weighted by atomic mass is 10.1. The van der Waals surface area contributed by atoms with Gasteiger partial charge in [0.15, 0.2) is 0 Å². The number of benzene rings is 2. The normalized spacial score (nSPS) is 18.9. The SMILES string of the molecule is O=S(=O)(c1ccc(-c2c[nH]c3cc(F)ccc23)cc1)N1CC[C@H](O)C1. The van der Waals surface area contributed by atoms with Gasteiger partial charge >= 0.3 is 0 Å². The summed E-state index contributed by atoms with van der Waals surface area (Å²) in [7, 11) is -3.59. The standard InChI is InChI=1S/C18H17FN2O3S/c19-13-3-6-16-17(10-20-18(16)9-13)12-1-4-15(5-2-12)25(23,24)21-8-7-14(22)11-21/h1-6,9-10,14,20,22H,7-8,11H2/t14-/m0/s1. The van der Waals surface area contributed by atoms with Crippen molar-refractivity contribution in [2.75, 3.05) is 13.1 Å². The Labute approximate surface area is 144 Å². The highest BCUT2D eigenvalue weighted by atomic mass is 32.2. The van der Waals surface area contributed by atoms with Crippen LogP contribution in [0.1, 0.15) is 6.42 Å². The van der Waals surface area contributed by atoms with Crippen LogP contribution in [-0.4, -0.2) is 42.0 Å². The molecule has 3 aromatic rings. The van der Waals surface area contributed by atoms with E-state index in [0.29, 0.717) is 18.5 Å². The largest absolute Gasteiger partial charge is 0.392 e. The third-order valence-corrected chi connectivity index (χ3v) is 6.45. The van der Waals surface area contributed by atoms with Crippen molar-refractivity contribution >= 4 is 20.9 Å². The third-order valence-electron chi connectivity index (χ3n) is 4.57.